The lowest BCUT2D eigenvalue weighted by atomic mass is 9.92. The molecule has 0 saturated carbocycles. The largest absolute Gasteiger partial charge is 0.481 e. The quantitative estimate of drug-likeness (QED) is 0.911. The number of hydrogen-bond acceptors (Lipinski definition) is 3. The molecule has 1 heterocycles. The molecule has 2 N–H and O–H groups in total. The van der Waals surface area contributed by atoms with Crippen LogP contribution in [0.3, 0.4) is 0 Å². The minimum Gasteiger partial charge on any atom is -0.481 e. The first kappa shape index (κ1) is 17.4. The van der Waals surface area contributed by atoms with Crippen LogP contribution in [0.5, 0.6) is 5.75 Å². The molecule has 4 nitrogen and oxygen atoms in total. The summed E-state index contributed by atoms with van der Waals surface area (Å²) in [5.74, 6) is 0.877. The number of carbonyl (C=O) groups is 1. The maximum Gasteiger partial charge on any atom is 0.263 e. The zero-order valence-corrected chi connectivity index (χ0v) is 14.4. The number of nitrogens with zero attached hydrogens (tertiary/aromatic N) is 1. The molecule has 1 aromatic rings. The smallest absolute Gasteiger partial charge is 0.263 e. The summed E-state index contributed by atoms with van der Waals surface area (Å²) in [5.41, 5.74) is 5.96. The molecule has 1 aromatic carbocycles. The van der Waals surface area contributed by atoms with Gasteiger partial charge < -0.3 is 15.4 Å². The van der Waals surface area contributed by atoms with Gasteiger partial charge in [0.15, 0.2) is 6.10 Å². The van der Waals surface area contributed by atoms with Crippen LogP contribution in [0.2, 0.25) is 10.0 Å². The summed E-state index contributed by atoms with van der Waals surface area (Å²) in [6.07, 6.45) is 1.49. The molecule has 1 aliphatic rings. The summed E-state index contributed by atoms with van der Waals surface area (Å²) < 4.78 is 5.70. The molecule has 2 rings (SSSR count). The third-order valence-electron chi connectivity index (χ3n) is 4.06. The van der Waals surface area contributed by atoms with Gasteiger partial charge in [-0.05, 0) is 44.7 Å². The lowest BCUT2D eigenvalue weighted by Gasteiger charge is -2.35. The number of nitrogens with two attached hydrogens (primary N) is 1. The van der Waals surface area contributed by atoms with Crippen molar-refractivity contribution in [3.05, 3.63) is 28.2 Å². The summed E-state index contributed by atoms with van der Waals surface area (Å²) in [4.78, 5) is 14.4. The molecule has 1 saturated heterocycles. The number of hydrogen-bond donors (Lipinski definition) is 1. The zero-order chi connectivity index (χ0) is 16.3. The minimum atomic E-state index is -0.566. The van der Waals surface area contributed by atoms with Gasteiger partial charge in [-0.15, -0.1) is 0 Å². The highest BCUT2D eigenvalue weighted by molar-refractivity contribution is 6.42. The molecule has 0 aliphatic carbocycles. The van der Waals surface area contributed by atoms with Crippen LogP contribution in [-0.4, -0.2) is 36.0 Å². The number of amides is 1. The number of benzene rings is 1. The van der Waals surface area contributed by atoms with Gasteiger partial charge in [-0.2, -0.15) is 0 Å². The minimum absolute atomic E-state index is 0.0172. The van der Waals surface area contributed by atoms with Gasteiger partial charge in [0.1, 0.15) is 5.75 Å². The fourth-order valence-corrected chi connectivity index (χ4v) is 2.99. The number of rotatable bonds is 4. The van der Waals surface area contributed by atoms with E-state index < -0.39 is 6.10 Å². The van der Waals surface area contributed by atoms with Crippen molar-refractivity contribution in [1.82, 2.24) is 4.90 Å². The first-order chi connectivity index (χ1) is 10.4. The highest BCUT2D eigenvalue weighted by Gasteiger charge is 2.29. The van der Waals surface area contributed by atoms with Gasteiger partial charge in [0, 0.05) is 25.2 Å². The second kappa shape index (κ2) is 7.53. The van der Waals surface area contributed by atoms with Gasteiger partial charge in [0.2, 0.25) is 0 Å². The van der Waals surface area contributed by atoms with E-state index in [9.17, 15) is 4.79 Å². The standard InChI is InChI=1S/C16H22Cl2N2O2/c1-10(19)12-4-3-7-20(9-12)16(21)11(2)22-13-5-6-14(17)15(18)8-13/h5-6,8,10-12H,3-4,7,9,19H2,1-2H3. The predicted molar refractivity (Wildman–Crippen MR) is 89.5 cm³/mol. The van der Waals surface area contributed by atoms with Crippen LogP contribution >= 0.6 is 23.2 Å². The van der Waals surface area contributed by atoms with E-state index in [1.165, 1.54) is 0 Å². The fourth-order valence-electron chi connectivity index (χ4n) is 2.70. The van der Waals surface area contributed by atoms with Crippen LogP contribution < -0.4 is 10.5 Å². The fraction of sp³-hybridized carbons (Fsp3) is 0.562. The van der Waals surface area contributed by atoms with E-state index in [4.69, 9.17) is 33.7 Å². The van der Waals surface area contributed by atoms with Crippen molar-refractivity contribution in [2.24, 2.45) is 11.7 Å². The van der Waals surface area contributed by atoms with Crippen LogP contribution in [-0.2, 0) is 4.79 Å². The van der Waals surface area contributed by atoms with Crippen LogP contribution in [0.1, 0.15) is 26.7 Å². The van der Waals surface area contributed by atoms with Crippen molar-refractivity contribution in [3.63, 3.8) is 0 Å². The molecule has 6 heteroatoms. The Hall–Kier alpha value is -0.970. The summed E-state index contributed by atoms with van der Waals surface area (Å²) in [7, 11) is 0. The lowest BCUT2D eigenvalue weighted by Crippen LogP contribution is -2.48. The number of likely N-dealkylation sites (tertiary alicyclic amines) is 1. The van der Waals surface area contributed by atoms with Crippen LogP contribution in [0.25, 0.3) is 0 Å². The van der Waals surface area contributed by atoms with E-state index in [-0.39, 0.29) is 11.9 Å². The third-order valence-corrected chi connectivity index (χ3v) is 4.80. The average molecular weight is 345 g/mol. The molecule has 0 spiro atoms. The van der Waals surface area contributed by atoms with Gasteiger partial charge in [-0.3, -0.25) is 4.79 Å². The van der Waals surface area contributed by atoms with Crippen molar-refractivity contribution in [2.75, 3.05) is 13.1 Å². The summed E-state index contributed by atoms with van der Waals surface area (Å²) >= 11 is 11.8. The molecule has 3 unspecified atom stereocenters. The summed E-state index contributed by atoms with van der Waals surface area (Å²) in [5, 5.41) is 0.873. The molecule has 0 aromatic heterocycles. The topological polar surface area (TPSA) is 55.6 Å². The van der Waals surface area contributed by atoms with Crippen molar-refractivity contribution >= 4 is 29.1 Å². The van der Waals surface area contributed by atoms with E-state index in [1.54, 1.807) is 25.1 Å². The van der Waals surface area contributed by atoms with Gasteiger partial charge >= 0.3 is 0 Å². The van der Waals surface area contributed by atoms with E-state index in [0.717, 1.165) is 19.4 Å². The lowest BCUT2D eigenvalue weighted by molar-refractivity contribution is -0.139. The van der Waals surface area contributed by atoms with Gasteiger partial charge in [0.25, 0.3) is 5.91 Å². The first-order valence-corrected chi connectivity index (χ1v) is 8.30. The maximum atomic E-state index is 12.5. The highest BCUT2D eigenvalue weighted by atomic mass is 35.5. The highest BCUT2D eigenvalue weighted by Crippen LogP contribution is 2.27. The second-order valence-corrected chi connectivity index (χ2v) is 6.70. The normalized spacial score (nSPS) is 21.3. The Bertz CT molecular complexity index is 537. The van der Waals surface area contributed by atoms with E-state index in [2.05, 4.69) is 0 Å². The molecule has 1 fully saturated rings. The molecule has 22 heavy (non-hydrogen) atoms. The molecular formula is C16H22Cl2N2O2. The average Bonchev–Trinajstić information content (AvgIpc) is 2.50. The van der Waals surface area contributed by atoms with E-state index in [0.29, 0.717) is 28.3 Å². The van der Waals surface area contributed by atoms with Crippen LogP contribution in [0.4, 0.5) is 0 Å². The van der Waals surface area contributed by atoms with E-state index in [1.807, 2.05) is 11.8 Å². The van der Waals surface area contributed by atoms with Crippen molar-refractivity contribution in [1.29, 1.82) is 0 Å². The van der Waals surface area contributed by atoms with Gasteiger partial charge in [-0.25, -0.2) is 0 Å². The molecule has 0 radical (unpaired) electrons. The first-order valence-electron chi connectivity index (χ1n) is 7.54. The molecule has 0 bridgehead atoms. The third kappa shape index (κ3) is 4.28. The van der Waals surface area contributed by atoms with E-state index >= 15 is 0 Å². The Morgan fingerprint density at radius 3 is 2.73 bits per heavy atom. The Morgan fingerprint density at radius 2 is 2.09 bits per heavy atom. The summed E-state index contributed by atoms with van der Waals surface area (Å²) in [6.45, 7) is 5.21. The molecule has 1 aliphatic heterocycles. The number of piperidine rings is 1. The Balaban J connectivity index is 1.97. The van der Waals surface area contributed by atoms with Crippen LogP contribution in [0, 0.1) is 5.92 Å². The number of halogens is 2. The Labute approximate surface area is 141 Å². The monoisotopic (exact) mass is 344 g/mol. The van der Waals surface area contributed by atoms with Crippen LogP contribution in [0.15, 0.2) is 18.2 Å². The molecule has 3 atom stereocenters. The van der Waals surface area contributed by atoms with Crippen molar-refractivity contribution < 1.29 is 9.53 Å². The van der Waals surface area contributed by atoms with Gasteiger partial charge in [0.05, 0.1) is 10.0 Å². The summed E-state index contributed by atoms with van der Waals surface area (Å²) in [6, 6.07) is 5.08. The number of ether oxygens (including phenoxy) is 1. The molecule has 1 amide bonds. The van der Waals surface area contributed by atoms with Crippen molar-refractivity contribution in [2.45, 2.75) is 38.8 Å². The zero-order valence-electron chi connectivity index (χ0n) is 12.9. The van der Waals surface area contributed by atoms with Gasteiger partial charge in [-0.1, -0.05) is 23.2 Å². The maximum absolute atomic E-state index is 12.5. The Morgan fingerprint density at radius 1 is 1.36 bits per heavy atom. The second-order valence-electron chi connectivity index (χ2n) is 5.88. The Kier molecular flexibility index (Phi) is 5.95. The molecule has 122 valence electrons. The SMILES string of the molecule is CC(Oc1ccc(Cl)c(Cl)c1)C(=O)N1CCCC(C(C)N)C1. The number of carbonyl (C=O) groups excluding carboxylic acids is 1. The van der Waals surface area contributed by atoms with Crippen molar-refractivity contribution in [3.8, 4) is 5.75 Å². The predicted octanol–water partition coefficient (Wildman–Crippen LogP) is 3.35. The molecular weight excluding hydrogens is 323 g/mol.